The molecule has 1 saturated heterocycles. The number of benzene rings is 2. The average Bonchev–Trinajstić information content (AvgIpc) is 2.94. The molecule has 2 aromatic carbocycles. The van der Waals surface area contributed by atoms with Crippen molar-refractivity contribution in [3.8, 4) is 0 Å². The molecule has 2 N–H and O–H groups in total. The SMILES string of the molecule is O=C1CCC(N2Cc3c(CN4CCCNc5ccccc54)cccc3C2=O)C(=O)N1. The van der Waals surface area contributed by atoms with Crippen molar-refractivity contribution in [1.82, 2.24) is 10.2 Å². The van der Waals surface area contributed by atoms with Crippen LogP contribution in [0.1, 0.15) is 40.7 Å². The highest BCUT2D eigenvalue weighted by molar-refractivity contribution is 6.05. The van der Waals surface area contributed by atoms with Gasteiger partial charge in [0.2, 0.25) is 11.8 Å². The third-order valence-electron chi connectivity index (χ3n) is 6.21. The van der Waals surface area contributed by atoms with Gasteiger partial charge in [0.1, 0.15) is 6.04 Å². The number of hydrogen-bond acceptors (Lipinski definition) is 5. The van der Waals surface area contributed by atoms with Gasteiger partial charge in [-0.3, -0.25) is 19.7 Å². The average molecular weight is 404 g/mol. The summed E-state index contributed by atoms with van der Waals surface area (Å²) in [5.74, 6) is -0.768. The Morgan fingerprint density at radius 1 is 1.03 bits per heavy atom. The monoisotopic (exact) mass is 404 g/mol. The minimum absolute atomic E-state index is 0.126. The van der Waals surface area contributed by atoms with E-state index in [4.69, 9.17) is 0 Å². The van der Waals surface area contributed by atoms with Crippen LogP contribution < -0.4 is 15.5 Å². The summed E-state index contributed by atoms with van der Waals surface area (Å²) >= 11 is 0. The Kier molecular flexibility index (Phi) is 4.65. The number of imide groups is 1. The molecule has 0 aliphatic carbocycles. The van der Waals surface area contributed by atoms with E-state index < -0.39 is 6.04 Å². The molecule has 3 amide bonds. The Hall–Kier alpha value is -3.35. The van der Waals surface area contributed by atoms with Crippen LogP contribution in [0.5, 0.6) is 0 Å². The molecular formula is C23H24N4O3. The van der Waals surface area contributed by atoms with Crippen molar-refractivity contribution in [1.29, 1.82) is 0 Å². The smallest absolute Gasteiger partial charge is 0.255 e. The lowest BCUT2D eigenvalue weighted by molar-refractivity contribution is -0.136. The van der Waals surface area contributed by atoms with Crippen molar-refractivity contribution in [3.63, 3.8) is 0 Å². The summed E-state index contributed by atoms with van der Waals surface area (Å²) < 4.78 is 0. The van der Waals surface area contributed by atoms with Gasteiger partial charge in [-0.05, 0) is 42.2 Å². The van der Waals surface area contributed by atoms with Gasteiger partial charge in [0.25, 0.3) is 5.91 Å². The van der Waals surface area contributed by atoms with Crippen LogP contribution in [-0.2, 0) is 22.7 Å². The van der Waals surface area contributed by atoms with E-state index in [1.807, 2.05) is 24.3 Å². The Morgan fingerprint density at radius 2 is 1.90 bits per heavy atom. The van der Waals surface area contributed by atoms with Gasteiger partial charge in [0, 0.05) is 38.2 Å². The first kappa shape index (κ1) is 18.7. The number of rotatable bonds is 3. The van der Waals surface area contributed by atoms with Crippen molar-refractivity contribution in [2.24, 2.45) is 0 Å². The third-order valence-corrected chi connectivity index (χ3v) is 6.21. The lowest BCUT2D eigenvalue weighted by Crippen LogP contribution is -2.52. The van der Waals surface area contributed by atoms with E-state index >= 15 is 0 Å². The fourth-order valence-corrected chi connectivity index (χ4v) is 4.68. The molecule has 0 bridgehead atoms. The van der Waals surface area contributed by atoms with Gasteiger partial charge in [-0.15, -0.1) is 0 Å². The van der Waals surface area contributed by atoms with Crippen LogP contribution in [0.4, 0.5) is 11.4 Å². The van der Waals surface area contributed by atoms with Crippen LogP contribution in [0.2, 0.25) is 0 Å². The van der Waals surface area contributed by atoms with Crippen molar-refractivity contribution >= 4 is 29.1 Å². The topological polar surface area (TPSA) is 81.8 Å². The molecule has 0 aromatic heterocycles. The number of piperidine rings is 1. The van der Waals surface area contributed by atoms with Gasteiger partial charge >= 0.3 is 0 Å². The summed E-state index contributed by atoms with van der Waals surface area (Å²) in [6.07, 6.45) is 1.68. The molecule has 3 aliphatic heterocycles. The van der Waals surface area contributed by atoms with Crippen molar-refractivity contribution in [2.75, 3.05) is 23.3 Å². The van der Waals surface area contributed by atoms with Crippen LogP contribution >= 0.6 is 0 Å². The molecule has 1 fully saturated rings. The van der Waals surface area contributed by atoms with E-state index in [9.17, 15) is 14.4 Å². The summed E-state index contributed by atoms with van der Waals surface area (Å²) in [4.78, 5) is 40.8. The summed E-state index contributed by atoms with van der Waals surface area (Å²) in [5, 5.41) is 5.85. The van der Waals surface area contributed by atoms with Gasteiger partial charge < -0.3 is 15.1 Å². The van der Waals surface area contributed by atoms with Gasteiger partial charge in [0.05, 0.1) is 11.4 Å². The maximum atomic E-state index is 13.1. The highest BCUT2D eigenvalue weighted by Gasteiger charge is 2.39. The maximum Gasteiger partial charge on any atom is 0.255 e. The molecule has 30 heavy (non-hydrogen) atoms. The first-order chi connectivity index (χ1) is 14.6. The van der Waals surface area contributed by atoms with Crippen LogP contribution in [0.25, 0.3) is 0 Å². The number of nitrogens with zero attached hydrogens (tertiary/aromatic N) is 2. The van der Waals surface area contributed by atoms with E-state index in [0.717, 1.165) is 36.3 Å². The first-order valence-electron chi connectivity index (χ1n) is 10.4. The Morgan fingerprint density at radius 3 is 2.77 bits per heavy atom. The molecule has 2 aromatic rings. The molecular weight excluding hydrogens is 380 g/mol. The number of para-hydroxylation sites is 2. The molecule has 1 unspecified atom stereocenters. The fourth-order valence-electron chi connectivity index (χ4n) is 4.68. The zero-order valence-corrected chi connectivity index (χ0v) is 16.7. The number of carbonyl (C=O) groups is 3. The molecule has 5 rings (SSSR count). The van der Waals surface area contributed by atoms with Crippen LogP contribution in [0.3, 0.4) is 0 Å². The molecule has 0 spiro atoms. The van der Waals surface area contributed by atoms with Crippen LogP contribution in [0, 0.1) is 0 Å². The summed E-state index contributed by atoms with van der Waals surface area (Å²) in [6.45, 7) is 2.98. The summed E-state index contributed by atoms with van der Waals surface area (Å²) in [7, 11) is 0. The van der Waals surface area contributed by atoms with Gasteiger partial charge in [-0.25, -0.2) is 0 Å². The van der Waals surface area contributed by atoms with Crippen molar-refractivity contribution < 1.29 is 14.4 Å². The van der Waals surface area contributed by atoms with E-state index in [-0.39, 0.29) is 24.1 Å². The molecule has 0 radical (unpaired) electrons. The second-order valence-electron chi connectivity index (χ2n) is 8.06. The maximum absolute atomic E-state index is 13.1. The zero-order valence-electron chi connectivity index (χ0n) is 16.7. The van der Waals surface area contributed by atoms with Crippen molar-refractivity contribution in [2.45, 2.75) is 38.4 Å². The third kappa shape index (κ3) is 3.20. The predicted octanol–water partition coefficient (Wildman–Crippen LogP) is 2.27. The highest BCUT2D eigenvalue weighted by Crippen LogP contribution is 2.33. The van der Waals surface area contributed by atoms with E-state index in [2.05, 4.69) is 33.7 Å². The van der Waals surface area contributed by atoms with E-state index in [1.165, 1.54) is 5.69 Å². The zero-order chi connectivity index (χ0) is 20.7. The quantitative estimate of drug-likeness (QED) is 0.767. The lowest BCUT2D eigenvalue weighted by atomic mass is 10.0. The Balaban J connectivity index is 1.43. The van der Waals surface area contributed by atoms with Gasteiger partial charge in [-0.2, -0.15) is 0 Å². The Bertz CT molecular complexity index is 1030. The van der Waals surface area contributed by atoms with Crippen LogP contribution in [-0.4, -0.2) is 41.8 Å². The fraction of sp³-hybridized carbons (Fsp3) is 0.348. The molecule has 7 heteroatoms. The molecule has 0 saturated carbocycles. The molecule has 1 atom stereocenters. The van der Waals surface area contributed by atoms with Gasteiger partial charge in [0.15, 0.2) is 0 Å². The highest BCUT2D eigenvalue weighted by atomic mass is 16.2. The molecule has 7 nitrogen and oxygen atoms in total. The second-order valence-corrected chi connectivity index (χ2v) is 8.06. The number of fused-ring (bicyclic) bond motifs is 2. The van der Waals surface area contributed by atoms with E-state index in [1.54, 1.807) is 4.90 Å². The molecule has 3 heterocycles. The largest absolute Gasteiger partial charge is 0.383 e. The van der Waals surface area contributed by atoms with Crippen LogP contribution in [0.15, 0.2) is 42.5 Å². The van der Waals surface area contributed by atoms with Crippen molar-refractivity contribution in [3.05, 3.63) is 59.2 Å². The number of amides is 3. The minimum Gasteiger partial charge on any atom is -0.383 e. The summed E-state index contributed by atoms with van der Waals surface area (Å²) in [6, 6.07) is 13.5. The number of carbonyl (C=O) groups excluding carboxylic acids is 3. The first-order valence-corrected chi connectivity index (χ1v) is 10.4. The van der Waals surface area contributed by atoms with E-state index in [0.29, 0.717) is 25.1 Å². The Labute approximate surface area is 175 Å². The lowest BCUT2D eigenvalue weighted by Gasteiger charge is -2.29. The molecule has 3 aliphatic rings. The predicted molar refractivity (Wildman–Crippen MR) is 113 cm³/mol. The molecule has 154 valence electrons. The number of nitrogens with one attached hydrogen (secondary N) is 2. The second kappa shape index (κ2) is 7.48. The number of anilines is 2. The normalized spacial score (nSPS) is 20.9. The van der Waals surface area contributed by atoms with Gasteiger partial charge in [-0.1, -0.05) is 24.3 Å². The number of hydrogen-bond donors (Lipinski definition) is 2. The minimum atomic E-state index is -0.585. The summed E-state index contributed by atoms with van der Waals surface area (Å²) in [5.41, 5.74) is 5.05. The standard InChI is InChI=1S/C23H24N4O3/c28-21-10-9-20(22(29)25-21)27-14-17-15(5-3-6-16(17)23(27)30)13-26-12-4-11-24-18-7-1-2-8-19(18)26/h1-3,5-8,20,24H,4,9-14H2,(H,25,28,29).